The van der Waals surface area contributed by atoms with Crippen molar-refractivity contribution in [3.63, 3.8) is 0 Å². The highest BCUT2D eigenvalue weighted by molar-refractivity contribution is 7.19. The van der Waals surface area contributed by atoms with Crippen LogP contribution in [0.4, 0.5) is 5.95 Å². The van der Waals surface area contributed by atoms with E-state index in [4.69, 9.17) is 11.1 Å². The van der Waals surface area contributed by atoms with E-state index in [1.54, 1.807) is 23.9 Å². The van der Waals surface area contributed by atoms with Gasteiger partial charge in [-0.05, 0) is 12.1 Å². The lowest BCUT2D eigenvalue weighted by molar-refractivity contribution is 0.0942. The summed E-state index contributed by atoms with van der Waals surface area (Å²) in [5, 5.41) is 18.4. The van der Waals surface area contributed by atoms with E-state index in [9.17, 15) is 4.79 Å². The number of thiazole rings is 1. The minimum absolute atomic E-state index is 0.153. The van der Waals surface area contributed by atoms with Crippen molar-refractivity contribution < 1.29 is 4.79 Å². The molecule has 0 aliphatic rings. The fourth-order valence-corrected chi connectivity index (χ4v) is 4.08. The molecular weight excluding hydrogens is 378 g/mol. The van der Waals surface area contributed by atoms with E-state index in [2.05, 4.69) is 30.5 Å². The minimum atomic E-state index is -0.307. The molecule has 1 amide bonds. The molecule has 0 aliphatic carbocycles. The number of amides is 1. The molecule has 0 aliphatic heterocycles. The maximum Gasteiger partial charge on any atom is 0.269 e. The van der Waals surface area contributed by atoms with Crippen molar-refractivity contribution in [3.05, 3.63) is 52.2 Å². The maximum absolute atomic E-state index is 12.8. The Morgan fingerprint density at radius 2 is 2.25 bits per heavy atom. The number of aromatic nitrogens is 6. The number of fused-ring (bicyclic) bond motifs is 1. The van der Waals surface area contributed by atoms with Gasteiger partial charge in [-0.15, -0.1) is 11.3 Å². The Labute approximate surface area is 163 Å². The molecule has 0 spiro atoms. The highest BCUT2D eigenvalue weighted by Gasteiger charge is 2.23. The van der Waals surface area contributed by atoms with Gasteiger partial charge < -0.3 is 21.0 Å². The van der Waals surface area contributed by atoms with Gasteiger partial charge >= 0.3 is 0 Å². The number of carbonyl (C=O) groups excluding carboxylic acids is 1. The molecule has 11 heteroatoms. The zero-order chi connectivity index (χ0) is 19.7. The molecule has 0 saturated carbocycles. The SMILES string of the molecule is Cn1c(C(=O)NCc2ccnc(N)n2)c(C=N)c2sc(Cc3ccn[nH]3)nc21. The van der Waals surface area contributed by atoms with Crippen molar-refractivity contribution in [2.75, 3.05) is 5.73 Å². The summed E-state index contributed by atoms with van der Waals surface area (Å²) in [6.45, 7) is 0.209. The summed E-state index contributed by atoms with van der Waals surface area (Å²) >= 11 is 1.47. The average molecular weight is 395 g/mol. The molecule has 5 N–H and O–H groups in total. The minimum Gasteiger partial charge on any atom is -0.368 e. The third kappa shape index (κ3) is 3.22. The number of nitrogen functional groups attached to an aromatic ring is 1. The second kappa shape index (κ2) is 7.19. The first kappa shape index (κ1) is 17.8. The molecule has 4 rings (SSSR count). The Morgan fingerprint density at radius 1 is 1.39 bits per heavy atom. The van der Waals surface area contributed by atoms with Crippen LogP contribution in [0.2, 0.25) is 0 Å². The molecule has 0 fully saturated rings. The lowest BCUT2D eigenvalue weighted by Crippen LogP contribution is -2.26. The van der Waals surface area contributed by atoms with Crippen LogP contribution < -0.4 is 11.1 Å². The van der Waals surface area contributed by atoms with Gasteiger partial charge in [-0.1, -0.05) is 0 Å². The zero-order valence-electron chi connectivity index (χ0n) is 14.9. The number of hydrogen-bond donors (Lipinski definition) is 4. The third-order valence-electron chi connectivity index (χ3n) is 4.23. The van der Waals surface area contributed by atoms with E-state index >= 15 is 0 Å². The summed E-state index contributed by atoms with van der Waals surface area (Å²) in [4.78, 5) is 25.3. The summed E-state index contributed by atoms with van der Waals surface area (Å²) in [7, 11) is 1.77. The van der Waals surface area contributed by atoms with Crippen molar-refractivity contribution >= 4 is 39.8 Å². The van der Waals surface area contributed by atoms with Crippen LogP contribution >= 0.6 is 11.3 Å². The van der Waals surface area contributed by atoms with Gasteiger partial charge in [-0.25, -0.2) is 15.0 Å². The number of hydrogen-bond acceptors (Lipinski definition) is 8. The molecule has 0 aromatic carbocycles. The van der Waals surface area contributed by atoms with Crippen molar-refractivity contribution in [3.8, 4) is 0 Å². The van der Waals surface area contributed by atoms with E-state index in [-0.39, 0.29) is 18.4 Å². The van der Waals surface area contributed by atoms with Crippen LogP contribution in [0.1, 0.15) is 32.4 Å². The van der Waals surface area contributed by atoms with Gasteiger partial charge in [0.2, 0.25) is 5.95 Å². The first-order valence-corrected chi connectivity index (χ1v) is 9.21. The Kier molecular flexibility index (Phi) is 4.57. The maximum atomic E-state index is 12.8. The van der Waals surface area contributed by atoms with Crippen LogP contribution in [-0.2, 0) is 20.0 Å². The van der Waals surface area contributed by atoms with E-state index in [0.717, 1.165) is 15.4 Å². The predicted octanol–water partition coefficient (Wildman–Crippen LogP) is 1.25. The van der Waals surface area contributed by atoms with Gasteiger partial charge in [0, 0.05) is 43.3 Å². The second-order valence-corrected chi connectivity index (χ2v) is 7.16. The van der Waals surface area contributed by atoms with Gasteiger partial charge in [0.1, 0.15) is 10.7 Å². The van der Waals surface area contributed by atoms with Crippen LogP contribution in [0.5, 0.6) is 0 Å². The Balaban J connectivity index is 1.61. The summed E-state index contributed by atoms with van der Waals surface area (Å²) in [6.07, 6.45) is 5.04. The Morgan fingerprint density at radius 3 is 2.96 bits per heavy atom. The molecule has 0 unspecified atom stereocenters. The summed E-state index contributed by atoms with van der Waals surface area (Å²) in [6, 6.07) is 3.57. The topological polar surface area (TPSA) is 151 Å². The third-order valence-corrected chi connectivity index (χ3v) is 5.31. The molecule has 4 aromatic rings. The van der Waals surface area contributed by atoms with E-state index in [1.165, 1.54) is 23.7 Å². The molecule has 0 atom stereocenters. The number of nitrogens with one attached hydrogen (secondary N) is 3. The molecule has 0 saturated heterocycles. The van der Waals surface area contributed by atoms with Gasteiger partial charge in [-0.3, -0.25) is 9.89 Å². The quantitative estimate of drug-likeness (QED) is 0.361. The van der Waals surface area contributed by atoms with Gasteiger partial charge in [0.25, 0.3) is 5.91 Å². The van der Waals surface area contributed by atoms with Crippen molar-refractivity contribution in [2.24, 2.45) is 7.05 Å². The van der Waals surface area contributed by atoms with E-state index in [1.807, 2.05) is 6.07 Å². The van der Waals surface area contributed by atoms with Crippen molar-refractivity contribution in [1.29, 1.82) is 5.41 Å². The van der Waals surface area contributed by atoms with Gasteiger partial charge in [0.05, 0.1) is 16.9 Å². The highest BCUT2D eigenvalue weighted by Crippen LogP contribution is 2.30. The molecule has 4 heterocycles. The van der Waals surface area contributed by atoms with E-state index in [0.29, 0.717) is 29.0 Å². The molecule has 4 aromatic heterocycles. The molecular formula is C17H17N9OS. The van der Waals surface area contributed by atoms with Crippen LogP contribution in [0.15, 0.2) is 24.5 Å². The monoisotopic (exact) mass is 395 g/mol. The summed E-state index contributed by atoms with van der Waals surface area (Å²) < 4.78 is 2.52. The fourth-order valence-electron chi connectivity index (χ4n) is 2.95. The van der Waals surface area contributed by atoms with Gasteiger partial charge in [-0.2, -0.15) is 5.10 Å². The number of nitrogens with two attached hydrogens (primary N) is 1. The number of H-pyrrole nitrogens is 1. The van der Waals surface area contributed by atoms with Crippen LogP contribution in [0.3, 0.4) is 0 Å². The highest BCUT2D eigenvalue weighted by atomic mass is 32.1. The molecule has 0 radical (unpaired) electrons. The Bertz CT molecular complexity index is 1160. The lowest BCUT2D eigenvalue weighted by atomic mass is 10.2. The fraction of sp³-hybridized carbons (Fsp3) is 0.176. The molecule has 142 valence electrons. The van der Waals surface area contributed by atoms with Gasteiger partial charge in [0.15, 0.2) is 5.65 Å². The Hall–Kier alpha value is -3.60. The molecule has 28 heavy (non-hydrogen) atoms. The number of rotatable bonds is 6. The second-order valence-electron chi connectivity index (χ2n) is 6.07. The van der Waals surface area contributed by atoms with E-state index < -0.39 is 0 Å². The molecule has 0 bridgehead atoms. The summed E-state index contributed by atoms with van der Waals surface area (Å²) in [5.74, 6) is -0.154. The lowest BCUT2D eigenvalue weighted by Gasteiger charge is -2.07. The van der Waals surface area contributed by atoms with Crippen molar-refractivity contribution in [2.45, 2.75) is 13.0 Å². The standard InChI is InChI=1S/C17H17N9OS/c1-26-13(16(27)21-8-10-2-4-20-17(19)23-10)11(7-18)14-15(26)24-12(28-14)6-9-3-5-22-25-9/h2-5,7,18H,6,8H2,1H3,(H,21,27)(H,22,25)(H2,19,20,23). The van der Waals surface area contributed by atoms with Crippen LogP contribution in [0, 0.1) is 5.41 Å². The first-order valence-electron chi connectivity index (χ1n) is 8.39. The number of anilines is 1. The largest absolute Gasteiger partial charge is 0.368 e. The van der Waals surface area contributed by atoms with Crippen LogP contribution in [0.25, 0.3) is 10.3 Å². The summed E-state index contributed by atoms with van der Waals surface area (Å²) in [5.41, 5.74) is 8.73. The van der Waals surface area contributed by atoms with Crippen LogP contribution in [-0.4, -0.2) is 41.8 Å². The number of nitrogens with zero attached hydrogens (tertiary/aromatic N) is 5. The van der Waals surface area contributed by atoms with Crippen molar-refractivity contribution in [1.82, 2.24) is 35.0 Å². The number of aryl methyl sites for hydroxylation is 1. The number of aromatic amines is 1. The average Bonchev–Trinajstić information content (AvgIpc) is 3.38. The first-order chi connectivity index (χ1) is 13.6. The number of carbonyl (C=O) groups is 1. The normalized spacial score (nSPS) is 11.0. The smallest absolute Gasteiger partial charge is 0.269 e. The zero-order valence-corrected chi connectivity index (χ0v) is 15.7. The predicted molar refractivity (Wildman–Crippen MR) is 105 cm³/mol. The molecule has 10 nitrogen and oxygen atoms in total.